The van der Waals surface area contributed by atoms with Gasteiger partial charge in [0.05, 0.1) is 0 Å². The third-order valence-electron chi connectivity index (χ3n) is 2.99. The summed E-state index contributed by atoms with van der Waals surface area (Å²) >= 11 is 0. The van der Waals surface area contributed by atoms with Gasteiger partial charge in [-0.3, -0.25) is 0 Å². The van der Waals surface area contributed by atoms with Crippen LogP contribution in [0.4, 0.5) is 14.6 Å². The molecule has 0 aliphatic heterocycles. The lowest BCUT2D eigenvalue weighted by atomic mass is 9.97. The highest BCUT2D eigenvalue weighted by atomic mass is 19.3. The molecule has 1 aromatic carbocycles. The summed E-state index contributed by atoms with van der Waals surface area (Å²) in [5.41, 5.74) is 7.20. The first-order chi connectivity index (χ1) is 9.00. The molecule has 5 heteroatoms. The normalized spacial score (nSPS) is 12.7. The zero-order chi connectivity index (χ0) is 14.0. The number of hydrogen-bond acceptors (Lipinski definition) is 3. The van der Waals surface area contributed by atoms with Crippen molar-refractivity contribution in [2.75, 3.05) is 5.73 Å². The number of rotatable bonds is 3. The van der Waals surface area contributed by atoms with Crippen molar-refractivity contribution in [2.24, 2.45) is 0 Å². The summed E-state index contributed by atoms with van der Waals surface area (Å²) in [5, 5.41) is 10.3. The number of alkyl halides is 2. The second-order valence-electron chi connectivity index (χ2n) is 4.30. The average Bonchev–Trinajstić information content (AvgIpc) is 2.38. The molecule has 0 aliphatic rings. The van der Waals surface area contributed by atoms with Crippen molar-refractivity contribution in [3.63, 3.8) is 0 Å². The minimum atomic E-state index is -2.57. The number of nitrogens with two attached hydrogens (primary N) is 1. The van der Waals surface area contributed by atoms with Crippen LogP contribution < -0.4 is 5.73 Å². The molecule has 3 N–H and O–H groups in total. The van der Waals surface area contributed by atoms with Gasteiger partial charge >= 0.3 is 0 Å². The lowest BCUT2D eigenvalue weighted by Crippen LogP contribution is -2.08. The fraction of sp³-hybridized carbons (Fsp3) is 0.214. The number of halogens is 2. The third kappa shape index (κ3) is 2.71. The summed E-state index contributed by atoms with van der Waals surface area (Å²) in [6, 6.07) is 7.39. The van der Waals surface area contributed by atoms with Crippen molar-refractivity contribution in [1.29, 1.82) is 0 Å². The van der Waals surface area contributed by atoms with Gasteiger partial charge in [0, 0.05) is 17.3 Å². The van der Waals surface area contributed by atoms with E-state index in [-0.39, 0.29) is 11.4 Å². The van der Waals surface area contributed by atoms with E-state index < -0.39 is 12.5 Å². The van der Waals surface area contributed by atoms with Crippen molar-refractivity contribution < 1.29 is 13.9 Å². The molecular formula is C14H14F2N2O. The minimum absolute atomic E-state index is 0.128. The van der Waals surface area contributed by atoms with Crippen molar-refractivity contribution >= 4 is 5.82 Å². The molecule has 0 aliphatic carbocycles. The molecule has 3 nitrogen and oxygen atoms in total. The molecule has 0 spiro atoms. The number of anilines is 1. The zero-order valence-electron chi connectivity index (χ0n) is 10.3. The molecular weight excluding hydrogens is 250 g/mol. The lowest BCUT2D eigenvalue weighted by Gasteiger charge is -2.16. The van der Waals surface area contributed by atoms with E-state index >= 15 is 0 Å². The Labute approximate surface area is 109 Å². The van der Waals surface area contributed by atoms with Crippen molar-refractivity contribution in [2.45, 2.75) is 19.5 Å². The summed E-state index contributed by atoms with van der Waals surface area (Å²) in [4.78, 5) is 3.91. The largest absolute Gasteiger partial charge is 0.384 e. The third-order valence-corrected chi connectivity index (χ3v) is 2.99. The van der Waals surface area contributed by atoms with Gasteiger partial charge in [-0.15, -0.1) is 0 Å². The van der Waals surface area contributed by atoms with Crippen LogP contribution in [0, 0.1) is 6.92 Å². The molecule has 19 heavy (non-hydrogen) atoms. The highest BCUT2D eigenvalue weighted by molar-refractivity contribution is 5.49. The van der Waals surface area contributed by atoms with E-state index in [2.05, 4.69) is 4.98 Å². The SMILES string of the molecule is Cc1ccnc(N)c1C(O)c1cccc(C(F)F)c1. The first kappa shape index (κ1) is 13.4. The number of aliphatic hydroxyl groups excluding tert-OH is 1. The maximum atomic E-state index is 12.7. The van der Waals surface area contributed by atoms with Crippen LogP contribution in [0.3, 0.4) is 0 Å². The Balaban J connectivity index is 2.44. The van der Waals surface area contributed by atoms with Gasteiger partial charge in [-0.2, -0.15) is 0 Å². The predicted molar refractivity (Wildman–Crippen MR) is 68.8 cm³/mol. The molecule has 2 rings (SSSR count). The average molecular weight is 264 g/mol. The van der Waals surface area contributed by atoms with E-state index in [9.17, 15) is 13.9 Å². The number of hydrogen-bond donors (Lipinski definition) is 2. The molecule has 100 valence electrons. The Bertz CT molecular complexity index is 567. The molecule has 1 aromatic heterocycles. The van der Waals surface area contributed by atoms with E-state index in [1.54, 1.807) is 19.1 Å². The van der Waals surface area contributed by atoms with E-state index in [1.165, 1.54) is 24.4 Å². The Morgan fingerprint density at radius 2 is 1.89 bits per heavy atom. The summed E-state index contributed by atoms with van der Waals surface area (Å²) in [5.74, 6) is 0.204. The Kier molecular flexibility index (Phi) is 3.76. The molecule has 0 radical (unpaired) electrons. The standard InChI is InChI=1S/C14H14F2N2O/c1-8-5-6-18-14(17)11(8)12(19)9-3-2-4-10(7-9)13(15)16/h2-7,12-13,19H,1H3,(H2,17,18). The van der Waals surface area contributed by atoms with Crippen molar-refractivity contribution in [3.8, 4) is 0 Å². The molecule has 0 amide bonds. The molecule has 1 unspecified atom stereocenters. The van der Waals surface area contributed by atoms with Gasteiger partial charge in [0.25, 0.3) is 6.43 Å². The number of pyridine rings is 1. The second kappa shape index (κ2) is 5.32. The first-order valence-corrected chi connectivity index (χ1v) is 5.77. The molecule has 0 saturated heterocycles. The van der Waals surface area contributed by atoms with Gasteiger partial charge in [-0.25, -0.2) is 13.8 Å². The van der Waals surface area contributed by atoms with Crippen LogP contribution in [0.1, 0.15) is 34.8 Å². The van der Waals surface area contributed by atoms with Crippen LogP contribution in [-0.2, 0) is 0 Å². The molecule has 0 bridgehead atoms. The van der Waals surface area contributed by atoms with Crippen LogP contribution >= 0.6 is 0 Å². The summed E-state index contributed by atoms with van der Waals surface area (Å²) in [7, 11) is 0. The quantitative estimate of drug-likeness (QED) is 0.896. The van der Waals surface area contributed by atoms with Gasteiger partial charge in [0.1, 0.15) is 11.9 Å². The lowest BCUT2D eigenvalue weighted by molar-refractivity contribution is 0.150. The zero-order valence-corrected chi connectivity index (χ0v) is 10.3. The number of aliphatic hydroxyl groups is 1. The number of aromatic nitrogens is 1. The second-order valence-corrected chi connectivity index (χ2v) is 4.30. The number of benzene rings is 1. The highest BCUT2D eigenvalue weighted by Crippen LogP contribution is 2.30. The Morgan fingerprint density at radius 3 is 2.53 bits per heavy atom. The Morgan fingerprint density at radius 1 is 1.21 bits per heavy atom. The maximum absolute atomic E-state index is 12.7. The van der Waals surface area contributed by atoms with Gasteiger partial charge < -0.3 is 10.8 Å². The van der Waals surface area contributed by atoms with Crippen LogP contribution in [0.5, 0.6) is 0 Å². The monoisotopic (exact) mass is 264 g/mol. The summed E-state index contributed by atoms with van der Waals surface area (Å²) in [6.45, 7) is 1.79. The molecule has 1 atom stereocenters. The van der Waals surface area contributed by atoms with Crippen LogP contribution in [0.15, 0.2) is 36.5 Å². The fourth-order valence-electron chi connectivity index (χ4n) is 1.98. The van der Waals surface area contributed by atoms with E-state index in [4.69, 9.17) is 5.73 Å². The van der Waals surface area contributed by atoms with Crippen LogP contribution in [0.25, 0.3) is 0 Å². The molecule has 0 saturated carbocycles. The highest BCUT2D eigenvalue weighted by Gasteiger charge is 2.18. The number of nitrogen functional groups attached to an aromatic ring is 1. The van der Waals surface area contributed by atoms with E-state index in [0.29, 0.717) is 11.1 Å². The van der Waals surface area contributed by atoms with Crippen LogP contribution in [0.2, 0.25) is 0 Å². The molecule has 0 fully saturated rings. The summed E-state index contributed by atoms with van der Waals surface area (Å²) < 4.78 is 25.3. The Hall–Kier alpha value is -2.01. The van der Waals surface area contributed by atoms with Gasteiger partial charge in [0.2, 0.25) is 0 Å². The topological polar surface area (TPSA) is 59.1 Å². The first-order valence-electron chi connectivity index (χ1n) is 5.77. The van der Waals surface area contributed by atoms with Crippen LogP contribution in [-0.4, -0.2) is 10.1 Å². The number of aryl methyl sites for hydroxylation is 1. The van der Waals surface area contributed by atoms with E-state index in [0.717, 1.165) is 5.56 Å². The van der Waals surface area contributed by atoms with Crippen molar-refractivity contribution in [3.05, 3.63) is 58.8 Å². The predicted octanol–water partition coefficient (Wildman–Crippen LogP) is 2.99. The summed E-state index contributed by atoms with van der Waals surface area (Å²) in [6.07, 6.45) is -2.09. The van der Waals surface area contributed by atoms with Gasteiger partial charge in [0.15, 0.2) is 0 Å². The maximum Gasteiger partial charge on any atom is 0.263 e. The smallest absolute Gasteiger partial charge is 0.263 e. The van der Waals surface area contributed by atoms with Gasteiger partial charge in [-0.05, 0) is 30.2 Å². The number of nitrogens with zero attached hydrogens (tertiary/aromatic N) is 1. The molecule has 2 aromatic rings. The van der Waals surface area contributed by atoms with Crippen molar-refractivity contribution in [1.82, 2.24) is 4.98 Å². The minimum Gasteiger partial charge on any atom is -0.384 e. The van der Waals surface area contributed by atoms with E-state index in [1.807, 2.05) is 0 Å². The fourth-order valence-corrected chi connectivity index (χ4v) is 1.98. The van der Waals surface area contributed by atoms with Gasteiger partial charge in [-0.1, -0.05) is 18.2 Å². The molecule has 1 heterocycles.